The van der Waals surface area contributed by atoms with Crippen molar-refractivity contribution in [1.29, 1.82) is 0 Å². The second kappa shape index (κ2) is 16.9. The van der Waals surface area contributed by atoms with Crippen LogP contribution in [0, 0.1) is 0 Å². The number of carbonyl (C=O) groups is 2. The van der Waals surface area contributed by atoms with E-state index in [0.717, 1.165) is 29.0 Å². The van der Waals surface area contributed by atoms with Gasteiger partial charge in [0.15, 0.2) is 0 Å². The van der Waals surface area contributed by atoms with Gasteiger partial charge in [0.1, 0.15) is 23.1 Å². The predicted octanol–water partition coefficient (Wildman–Crippen LogP) is 4.99. The number of benzene rings is 2. The topological polar surface area (TPSA) is 94.5 Å². The third kappa shape index (κ3) is 11.6. The minimum Gasteiger partial charge on any atom is -0.494 e. The number of carbonyl (C=O) groups excluding carboxylic acids is 2. The zero-order chi connectivity index (χ0) is 29.5. The molecule has 0 aromatic heterocycles. The van der Waals surface area contributed by atoms with E-state index in [1.165, 1.54) is 0 Å². The molecular weight excluding hydrogens is 510 g/mol. The largest absolute Gasteiger partial charge is 0.494 e. The number of aliphatic hydroxyl groups excluding tert-OH is 1. The van der Waals surface area contributed by atoms with Crippen LogP contribution in [0.3, 0.4) is 0 Å². The maximum absolute atomic E-state index is 13.5. The average Bonchev–Trinajstić information content (AvgIpc) is 2.92. The van der Waals surface area contributed by atoms with Crippen LogP contribution >= 0.6 is 0 Å². The second-order valence-corrected chi connectivity index (χ2v) is 10.8. The first-order valence-corrected chi connectivity index (χ1v) is 14.3. The monoisotopic (exact) mass is 557 g/mol. The summed E-state index contributed by atoms with van der Waals surface area (Å²) in [7, 11) is 0. The molecule has 1 N–H and O–H groups in total. The molecule has 0 fully saturated rings. The van der Waals surface area contributed by atoms with Crippen LogP contribution in [-0.4, -0.2) is 72.6 Å². The van der Waals surface area contributed by atoms with Crippen LogP contribution < -0.4 is 9.47 Å². The fourth-order valence-electron chi connectivity index (χ4n) is 4.26. The van der Waals surface area contributed by atoms with Crippen molar-refractivity contribution < 1.29 is 33.6 Å². The Labute approximate surface area is 239 Å². The Morgan fingerprint density at radius 2 is 1.38 bits per heavy atom. The molecule has 8 heteroatoms. The molecule has 0 aliphatic carbocycles. The normalized spacial score (nSPS) is 13.0. The minimum absolute atomic E-state index is 0.177. The Kier molecular flexibility index (Phi) is 14.0. The Morgan fingerprint density at radius 1 is 0.825 bits per heavy atom. The summed E-state index contributed by atoms with van der Waals surface area (Å²) in [6.45, 7) is 12.3. The standard InChI is InChI=1S/C32H47NO7/c1-7-18-38-28-16-10-24(11-17-28)20-26(23-34)33(22-30(35)40-32(4,5)6)29(31(36)39-19-8-2)21-25-12-14-27(15-13-25)37-9-3/h10-17,26,29,34H,7-9,18-23H2,1-6H3. The maximum Gasteiger partial charge on any atom is 0.323 e. The average molecular weight is 558 g/mol. The van der Waals surface area contributed by atoms with Gasteiger partial charge in [-0.25, -0.2) is 0 Å². The van der Waals surface area contributed by atoms with E-state index >= 15 is 0 Å². The summed E-state index contributed by atoms with van der Waals surface area (Å²) in [5.74, 6) is 0.588. The van der Waals surface area contributed by atoms with Gasteiger partial charge in [-0.15, -0.1) is 0 Å². The number of nitrogens with zero attached hydrogens (tertiary/aromatic N) is 1. The number of hydrogen-bond acceptors (Lipinski definition) is 8. The molecule has 2 unspecified atom stereocenters. The first-order valence-electron chi connectivity index (χ1n) is 14.3. The van der Waals surface area contributed by atoms with Crippen molar-refractivity contribution in [2.75, 3.05) is 33.0 Å². The number of aliphatic hydroxyl groups is 1. The third-order valence-corrected chi connectivity index (χ3v) is 6.06. The smallest absolute Gasteiger partial charge is 0.323 e. The van der Waals surface area contributed by atoms with Gasteiger partial charge >= 0.3 is 11.9 Å². The molecule has 0 spiro atoms. The Hall–Kier alpha value is -3.10. The molecule has 0 radical (unpaired) electrons. The van der Waals surface area contributed by atoms with Crippen LogP contribution in [0.2, 0.25) is 0 Å². The highest BCUT2D eigenvalue weighted by Crippen LogP contribution is 2.22. The molecule has 0 saturated heterocycles. The molecule has 2 aromatic carbocycles. The van der Waals surface area contributed by atoms with Gasteiger partial charge in [-0.3, -0.25) is 14.5 Å². The Balaban J connectivity index is 2.41. The minimum atomic E-state index is -0.818. The second-order valence-electron chi connectivity index (χ2n) is 10.8. The van der Waals surface area contributed by atoms with E-state index in [1.54, 1.807) is 25.7 Å². The zero-order valence-electron chi connectivity index (χ0n) is 25.0. The first kappa shape index (κ1) is 33.1. The molecule has 2 aromatic rings. The van der Waals surface area contributed by atoms with E-state index in [9.17, 15) is 14.7 Å². The lowest BCUT2D eigenvalue weighted by Gasteiger charge is -2.36. The van der Waals surface area contributed by atoms with E-state index < -0.39 is 29.6 Å². The lowest BCUT2D eigenvalue weighted by molar-refractivity contribution is -0.161. The fourth-order valence-corrected chi connectivity index (χ4v) is 4.26. The molecule has 0 heterocycles. The predicted molar refractivity (Wildman–Crippen MR) is 156 cm³/mol. The molecule has 2 atom stereocenters. The van der Waals surface area contributed by atoms with Gasteiger partial charge in [0, 0.05) is 6.04 Å². The van der Waals surface area contributed by atoms with Gasteiger partial charge in [0.2, 0.25) is 0 Å². The fraction of sp³-hybridized carbons (Fsp3) is 0.562. The van der Waals surface area contributed by atoms with E-state index in [1.807, 2.05) is 62.4 Å². The molecule has 222 valence electrons. The molecule has 8 nitrogen and oxygen atoms in total. The van der Waals surface area contributed by atoms with E-state index in [2.05, 4.69) is 6.92 Å². The summed E-state index contributed by atoms with van der Waals surface area (Å²) in [6, 6.07) is 13.8. The quantitative estimate of drug-likeness (QED) is 0.272. The highest BCUT2D eigenvalue weighted by molar-refractivity contribution is 5.78. The molecule has 2 rings (SSSR count). The maximum atomic E-state index is 13.5. The third-order valence-electron chi connectivity index (χ3n) is 6.06. The summed E-state index contributed by atoms with van der Waals surface area (Å²) in [6.07, 6.45) is 2.29. The Morgan fingerprint density at radius 3 is 1.88 bits per heavy atom. The lowest BCUT2D eigenvalue weighted by atomic mass is 9.99. The summed E-state index contributed by atoms with van der Waals surface area (Å²) in [5.41, 5.74) is 1.13. The van der Waals surface area contributed by atoms with Gasteiger partial charge in [0.05, 0.1) is 33.0 Å². The highest BCUT2D eigenvalue weighted by atomic mass is 16.6. The molecule has 0 bridgehead atoms. The van der Waals surface area contributed by atoms with Crippen LogP contribution in [0.4, 0.5) is 0 Å². The molecule has 0 saturated carbocycles. The van der Waals surface area contributed by atoms with Crippen LogP contribution in [-0.2, 0) is 31.9 Å². The van der Waals surface area contributed by atoms with Gasteiger partial charge in [-0.2, -0.15) is 0 Å². The van der Waals surface area contributed by atoms with Crippen molar-refractivity contribution >= 4 is 11.9 Å². The van der Waals surface area contributed by atoms with Crippen molar-refractivity contribution in [3.8, 4) is 11.5 Å². The van der Waals surface area contributed by atoms with Gasteiger partial charge < -0.3 is 24.1 Å². The van der Waals surface area contributed by atoms with Crippen molar-refractivity contribution in [3.63, 3.8) is 0 Å². The summed E-state index contributed by atoms with van der Waals surface area (Å²) in [4.78, 5) is 28.3. The zero-order valence-corrected chi connectivity index (χ0v) is 25.0. The lowest BCUT2D eigenvalue weighted by Crippen LogP contribution is -2.54. The number of ether oxygens (including phenoxy) is 4. The number of hydrogen-bond donors (Lipinski definition) is 1. The van der Waals surface area contributed by atoms with Crippen molar-refractivity contribution in [2.24, 2.45) is 0 Å². The molecule has 40 heavy (non-hydrogen) atoms. The van der Waals surface area contributed by atoms with Crippen LogP contribution in [0.15, 0.2) is 48.5 Å². The summed E-state index contributed by atoms with van der Waals surface area (Å²) < 4.78 is 22.5. The van der Waals surface area contributed by atoms with E-state index in [4.69, 9.17) is 18.9 Å². The van der Waals surface area contributed by atoms with Crippen molar-refractivity contribution in [3.05, 3.63) is 59.7 Å². The number of esters is 2. The van der Waals surface area contributed by atoms with Crippen LogP contribution in [0.1, 0.15) is 65.5 Å². The number of rotatable bonds is 17. The van der Waals surface area contributed by atoms with E-state index in [-0.39, 0.29) is 26.2 Å². The van der Waals surface area contributed by atoms with Gasteiger partial charge in [-0.1, -0.05) is 38.1 Å². The van der Waals surface area contributed by atoms with E-state index in [0.29, 0.717) is 26.1 Å². The molecule has 0 aliphatic rings. The van der Waals surface area contributed by atoms with Crippen LogP contribution in [0.25, 0.3) is 0 Å². The van der Waals surface area contributed by atoms with Crippen molar-refractivity contribution in [2.45, 2.75) is 84.9 Å². The SMILES string of the molecule is CCCOC(=O)C(Cc1ccc(OCC)cc1)N(CC(=O)OC(C)(C)C)C(CO)Cc1ccc(OCCC)cc1. The van der Waals surface area contributed by atoms with Gasteiger partial charge in [0.25, 0.3) is 0 Å². The molecular formula is C32H47NO7. The van der Waals surface area contributed by atoms with Gasteiger partial charge in [-0.05, 0) is 88.8 Å². The molecule has 0 aliphatic heterocycles. The van der Waals surface area contributed by atoms with Crippen molar-refractivity contribution in [1.82, 2.24) is 4.90 Å². The first-order chi connectivity index (χ1) is 19.1. The summed E-state index contributed by atoms with van der Waals surface area (Å²) >= 11 is 0. The summed E-state index contributed by atoms with van der Waals surface area (Å²) in [5, 5.41) is 10.6. The Bertz CT molecular complexity index is 1020. The molecule has 0 amide bonds. The highest BCUT2D eigenvalue weighted by Gasteiger charge is 2.35. The van der Waals surface area contributed by atoms with Crippen LogP contribution in [0.5, 0.6) is 11.5 Å².